The Morgan fingerprint density at radius 1 is 1.16 bits per heavy atom. The van der Waals surface area contributed by atoms with Crippen molar-refractivity contribution < 1.29 is 13.9 Å². The van der Waals surface area contributed by atoms with Crippen LogP contribution < -0.4 is 15.8 Å². The first-order valence-electron chi connectivity index (χ1n) is 12.8. The molecule has 10 heteroatoms. The standard InChI is InChI=1S/C27H30F2N6O2/c1-27-9-3-4-19(31-27)25(29)21(13-27)35(17-6-7-17)26-30-14-20(32-33-26)18-8-5-15(10-22(18)36)16-11-23(28)34(2)24(37)12-16/h5,8,10-12,14,17,19,21,25,31,36H,3-4,6-7,9,13H2,1-2H3/t19-,21+,25-,27+/m0/s1. The van der Waals surface area contributed by atoms with E-state index >= 15 is 4.39 Å². The Balaban J connectivity index is 1.27. The van der Waals surface area contributed by atoms with Crippen LogP contribution in [0.3, 0.4) is 0 Å². The molecule has 0 unspecified atom stereocenters. The average molecular weight is 509 g/mol. The molecule has 3 aliphatic rings. The van der Waals surface area contributed by atoms with Gasteiger partial charge >= 0.3 is 0 Å². The van der Waals surface area contributed by atoms with Crippen molar-refractivity contribution in [3.05, 3.63) is 52.8 Å². The van der Waals surface area contributed by atoms with Gasteiger partial charge < -0.3 is 15.3 Å². The fraction of sp³-hybridized carbons (Fsp3) is 0.481. The molecule has 0 spiro atoms. The second-order valence-electron chi connectivity index (χ2n) is 10.9. The lowest BCUT2D eigenvalue weighted by molar-refractivity contribution is 0.0582. The van der Waals surface area contributed by atoms with E-state index in [2.05, 4.69) is 27.4 Å². The second kappa shape index (κ2) is 8.86. The molecule has 2 aromatic heterocycles. The fourth-order valence-corrected chi connectivity index (χ4v) is 5.94. The molecule has 6 rings (SSSR count). The summed E-state index contributed by atoms with van der Waals surface area (Å²) in [7, 11) is 1.35. The number of phenolic OH excluding ortho intramolecular Hbond substituents is 1. The minimum Gasteiger partial charge on any atom is -0.507 e. The van der Waals surface area contributed by atoms with Gasteiger partial charge in [-0.3, -0.25) is 9.36 Å². The number of alkyl halides is 1. The van der Waals surface area contributed by atoms with E-state index in [1.165, 1.54) is 25.2 Å². The summed E-state index contributed by atoms with van der Waals surface area (Å²) in [5, 5.41) is 22.9. The summed E-state index contributed by atoms with van der Waals surface area (Å²) in [5.74, 6) is -0.350. The van der Waals surface area contributed by atoms with Gasteiger partial charge in [-0.15, -0.1) is 10.2 Å². The summed E-state index contributed by atoms with van der Waals surface area (Å²) in [5.41, 5.74) is 1.06. The highest BCUT2D eigenvalue weighted by Gasteiger charge is 2.50. The molecule has 3 fully saturated rings. The smallest absolute Gasteiger partial charge is 0.253 e. The topological polar surface area (TPSA) is 96.2 Å². The Hall–Kier alpha value is -3.40. The lowest BCUT2D eigenvalue weighted by Crippen LogP contribution is -2.67. The van der Waals surface area contributed by atoms with Crippen molar-refractivity contribution in [3.63, 3.8) is 0 Å². The Bertz CT molecular complexity index is 1390. The lowest BCUT2D eigenvalue weighted by Gasteiger charge is -2.52. The maximum Gasteiger partial charge on any atom is 0.253 e. The molecular weight excluding hydrogens is 478 g/mol. The van der Waals surface area contributed by atoms with Gasteiger partial charge in [-0.25, -0.2) is 9.37 Å². The number of pyridine rings is 1. The number of halogens is 2. The van der Waals surface area contributed by atoms with Gasteiger partial charge in [0.1, 0.15) is 17.6 Å². The zero-order valence-corrected chi connectivity index (χ0v) is 20.9. The van der Waals surface area contributed by atoms with Crippen molar-refractivity contribution in [3.8, 4) is 28.1 Å². The normalized spacial score (nSPS) is 27.2. The summed E-state index contributed by atoms with van der Waals surface area (Å²) in [6.07, 6.45) is 6.09. The number of piperidine rings is 2. The maximum atomic E-state index is 15.6. The zero-order valence-electron chi connectivity index (χ0n) is 20.9. The number of nitrogens with one attached hydrogen (secondary N) is 1. The minimum atomic E-state index is -1.01. The third-order valence-corrected chi connectivity index (χ3v) is 8.08. The van der Waals surface area contributed by atoms with Crippen molar-refractivity contribution in [2.75, 3.05) is 4.90 Å². The molecule has 0 amide bonds. The van der Waals surface area contributed by atoms with Crippen LogP contribution in [0, 0.1) is 5.95 Å². The van der Waals surface area contributed by atoms with Crippen LogP contribution in [0.5, 0.6) is 5.75 Å². The highest BCUT2D eigenvalue weighted by atomic mass is 19.1. The number of hydrogen-bond acceptors (Lipinski definition) is 7. The molecule has 2 bridgehead atoms. The van der Waals surface area contributed by atoms with E-state index in [9.17, 15) is 14.3 Å². The largest absolute Gasteiger partial charge is 0.507 e. The van der Waals surface area contributed by atoms with Crippen molar-refractivity contribution >= 4 is 5.95 Å². The van der Waals surface area contributed by atoms with Gasteiger partial charge in [-0.2, -0.15) is 4.39 Å². The van der Waals surface area contributed by atoms with Gasteiger partial charge in [-0.05, 0) is 74.8 Å². The number of aromatic hydroxyl groups is 1. The third-order valence-electron chi connectivity index (χ3n) is 8.08. The van der Waals surface area contributed by atoms with Gasteiger partial charge in [0.25, 0.3) is 5.56 Å². The molecule has 1 aliphatic carbocycles. The maximum absolute atomic E-state index is 15.6. The molecule has 4 heterocycles. The summed E-state index contributed by atoms with van der Waals surface area (Å²) in [4.78, 5) is 18.6. The quantitative estimate of drug-likeness (QED) is 0.507. The number of nitrogens with zero attached hydrogens (tertiary/aromatic N) is 5. The molecule has 2 aliphatic heterocycles. The molecule has 2 saturated heterocycles. The van der Waals surface area contributed by atoms with Gasteiger partial charge in [0, 0.05) is 36.3 Å². The number of aromatic nitrogens is 4. The summed E-state index contributed by atoms with van der Waals surface area (Å²) in [6, 6.07) is 7.08. The second-order valence-corrected chi connectivity index (χ2v) is 10.9. The van der Waals surface area contributed by atoms with Gasteiger partial charge in [0.2, 0.25) is 5.95 Å². The summed E-state index contributed by atoms with van der Waals surface area (Å²) >= 11 is 0. The van der Waals surface area contributed by atoms with Crippen molar-refractivity contribution in [1.29, 1.82) is 0 Å². The Labute approximate surface area is 213 Å². The van der Waals surface area contributed by atoms with E-state index in [-0.39, 0.29) is 29.4 Å². The number of anilines is 1. The fourth-order valence-electron chi connectivity index (χ4n) is 5.94. The monoisotopic (exact) mass is 508 g/mol. The van der Waals surface area contributed by atoms with Crippen molar-refractivity contribution in [2.24, 2.45) is 7.05 Å². The van der Waals surface area contributed by atoms with Crippen LogP contribution in [-0.4, -0.2) is 54.7 Å². The minimum absolute atomic E-state index is 0.0872. The highest BCUT2D eigenvalue weighted by molar-refractivity contribution is 5.73. The molecular formula is C27H30F2N6O2. The molecule has 194 valence electrons. The van der Waals surface area contributed by atoms with E-state index < -0.39 is 17.7 Å². The van der Waals surface area contributed by atoms with Crippen molar-refractivity contribution in [1.82, 2.24) is 25.1 Å². The Morgan fingerprint density at radius 3 is 2.65 bits per heavy atom. The van der Waals surface area contributed by atoms with E-state index in [0.29, 0.717) is 34.8 Å². The van der Waals surface area contributed by atoms with E-state index in [1.54, 1.807) is 18.3 Å². The van der Waals surface area contributed by atoms with E-state index in [1.807, 2.05) is 4.90 Å². The first-order valence-corrected chi connectivity index (χ1v) is 12.8. The highest BCUT2D eigenvalue weighted by Crippen LogP contribution is 2.42. The van der Waals surface area contributed by atoms with Crippen molar-refractivity contribution in [2.45, 2.75) is 75.3 Å². The molecule has 3 aromatic rings. The molecule has 2 N–H and O–H groups in total. The van der Waals surface area contributed by atoms with Crippen LogP contribution >= 0.6 is 0 Å². The van der Waals surface area contributed by atoms with Crippen LogP contribution in [0.15, 0.2) is 41.3 Å². The van der Waals surface area contributed by atoms with Gasteiger partial charge in [0.15, 0.2) is 5.95 Å². The number of benzene rings is 1. The first kappa shape index (κ1) is 24.0. The predicted molar refractivity (Wildman–Crippen MR) is 136 cm³/mol. The SMILES string of the molecule is Cn1c(F)cc(-c2ccc(-c3cnc(N(C4CC4)[C@@H]4C[C@@]5(C)CCC[C@H](N5)[C@@H]4F)nn3)c(O)c2)cc1=O. The van der Waals surface area contributed by atoms with Crippen LogP contribution in [-0.2, 0) is 7.05 Å². The van der Waals surface area contributed by atoms with Crippen LogP contribution in [0.25, 0.3) is 22.4 Å². The number of rotatable bonds is 5. The molecule has 1 saturated carbocycles. The van der Waals surface area contributed by atoms with Crippen LogP contribution in [0.2, 0.25) is 0 Å². The molecule has 8 nitrogen and oxygen atoms in total. The van der Waals surface area contributed by atoms with Crippen LogP contribution in [0.1, 0.15) is 45.4 Å². The molecule has 37 heavy (non-hydrogen) atoms. The Morgan fingerprint density at radius 2 is 1.97 bits per heavy atom. The number of fused-ring (bicyclic) bond motifs is 2. The molecule has 4 atom stereocenters. The zero-order chi connectivity index (χ0) is 25.9. The molecule has 0 radical (unpaired) electrons. The van der Waals surface area contributed by atoms with Gasteiger partial charge in [0.05, 0.1) is 12.2 Å². The Kier molecular flexibility index (Phi) is 5.74. The number of phenols is 1. The molecule has 1 aromatic carbocycles. The third kappa shape index (κ3) is 4.37. The predicted octanol–water partition coefficient (Wildman–Crippen LogP) is 3.73. The van der Waals surface area contributed by atoms with E-state index in [0.717, 1.165) is 36.7 Å². The summed E-state index contributed by atoms with van der Waals surface area (Å²) < 4.78 is 30.5. The number of hydrogen-bond donors (Lipinski definition) is 2. The average Bonchev–Trinajstić information content (AvgIpc) is 3.71. The van der Waals surface area contributed by atoms with Gasteiger partial charge in [-0.1, -0.05) is 6.07 Å². The lowest BCUT2D eigenvalue weighted by atomic mass is 9.74. The van der Waals surface area contributed by atoms with E-state index in [4.69, 9.17) is 0 Å². The first-order chi connectivity index (χ1) is 17.7. The summed E-state index contributed by atoms with van der Waals surface area (Å²) in [6.45, 7) is 2.18. The van der Waals surface area contributed by atoms with Crippen LogP contribution in [0.4, 0.5) is 14.7 Å².